The number of hydrogen-bond acceptors (Lipinski definition) is 1. The minimum absolute atomic E-state index is 0.0913. The van der Waals surface area contributed by atoms with Crippen LogP contribution < -0.4 is 0 Å². The Morgan fingerprint density at radius 2 is 1.35 bits per heavy atom. The molecule has 2 nitrogen and oxygen atoms in total. The molecule has 0 atom stereocenters. The molecule has 0 unspecified atom stereocenters. The first kappa shape index (κ1) is 16.5. The van der Waals surface area contributed by atoms with E-state index >= 15 is 0 Å². The third-order valence-corrected chi connectivity index (χ3v) is 3.13. The van der Waals surface area contributed by atoms with E-state index in [1.54, 1.807) is 6.21 Å². The summed E-state index contributed by atoms with van der Waals surface area (Å²) in [5, 5.41) is 11.2. The van der Waals surface area contributed by atoms with Crippen LogP contribution in [0.4, 0.5) is 0 Å². The van der Waals surface area contributed by atoms with Gasteiger partial charge in [0, 0.05) is 6.42 Å². The van der Waals surface area contributed by atoms with Crippen LogP contribution in [0.25, 0.3) is 0 Å². The SMILES string of the molecule is CCCCCCCCCCCC=[N+]([O-])C(C)C. The summed E-state index contributed by atoms with van der Waals surface area (Å²) in [6, 6.07) is 0.0913. The highest BCUT2D eigenvalue weighted by Gasteiger charge is 1.98. The van der Waals surface area contributed by atoms with E-state index in [0.29, 0.717) is 0 Å². The summed E-state index contributed by atoms with van der Waals surface area (Å²) in [7, 11) is 0. The smallest absolute Gasteiger partial charge is 0.157 e. The van der Waals surface area contributed by atoms with Crippen molar-refractivity contribution in [2.75, 3.05) is 0 Å². The number of hydroxylamine groups is 1. The van der Waals surface area contributed by atoms with Crippen LogP contribution in [-0.4, -0.2) is 17.0 Å². The van der Waals surface area contributed by atoms with E-state index < -0.39 is 0 Å². The molecule has 0 fully saturated rings. The third-order valence-electron chi connectivity index (χ3n) is 3.13. The van der Waals surface area contributed by atoms with Gasteiger partial charge in [0.2, 0.25) is 0 Å². The van der Waals surface area contributed by atoms with Crippen molar-refractivity contribution in [1.82, 2.24) is 0 Å². The molecule has 0 amide bonds. The van der Waals surface area contributed by atoms with Crippen LogP contribution in [0.2, 0.25) is 0 Å². The van der Waals surface area contributed by atoms with E-state index in [0.717, 1.165) is 11.2 Å². The molecular formula is C15H31NO. The molecule has 0 aromatic rings. The van der Waals surface area contributed by atoms with Gasteiger partial charge in [-0.1, -0.05) is 58.3 Å². The fraction of sp³-hybridized carbons (Fsp3) is 0.933. The molecule has 0 aromatic carbocycles. The Bertz CT molecular complexity index is 187. The maximum absolute atomic E-state index is 11.2. The van der Waals surface area contributed by atoms with E-state index in [1.807, 2.05) is 13.8 Å². The second kappa shape index (κ2) is 11.9. The topological polar surface area (TPSA) is 26.1 Å². The van der Waals surface area contributed by atoms with Gasteiger partial charge in [-0.25, -0.2) is 4.74 Å². The van der Waals surface area contributed by atoms with Crippen LogP contribution in [0.15, 0.2) is 0 Å². The monoisotopic (exact) mass is 241 g/mol. The maximum atomic E-state index is 11.2. The summed E-state index contributed by atoms with van der Waals surface area (Å²) in [6.45, 7) is 6.12. The molecule has 17 heavy (non-hydrogen) atoms. The molecule has 0 heterocycles. The Hall–Kier alpha value is -0.530. The van der Waals surface area contributed by atoms with E-state index in [9.17, 15) is 5.21 Å². The maximum Gasteiger partial charge on any atom is 0.157 e. The predicted molar refractivity (Wildman–Crippen MR) is 76.7 cm³/mol. The van der Waals surface area contributed by atoms with Crippen LogP contribution in [-0.2, 0) is 0 Å². The zero-order chi connectivity index (χ0) is 12.9. The highest BCUT2D eigenvalue weighted by Crippen LogP contribution is 2.09. The molecule has 0 saturated heterocycles. The lowest BCUT2D eigenvalue weighted by molar-refractivity contribution is -0.488. The predicted octanol–water partition coefficient (Wildman–Crippen LogP) is 4.90. The highest BCUT2D eigenvalue weighted by atomic mass is 16.5. The van der Waals surface area contributed by atoms with Crippen LogP contribution in [0.3, 0.4) is 0 Å². The normalized spacial score (nSPS) is 12.4. The van der Waals surface area contributed by atoms with E-state index in [4.69, 9.17) is 0 Å². The first-order valence-electron chi connectivity index (χ1n) is 7.47. The Kier molecular flexibility index (Phi) is 11.6. The Labute approximate surface area is 108 Å². The lowest BCUT2D eigenvalue weighted by Gasteiger charge is -2.06. The van der Waals surface area contributed by atoms with Crippen molar-refractivity contribution < 1.29 is 4.74 Å². The molecule has 2 heteroatoms. The standard InChI is InChI=1S/C15H31NO/c1-4-5-6-7-8-9-10-11-12-13-14-16(17)15(2)3/h14-15H,4-13H2,1-3H3. The average Bonchev–Trinajstić information content (AvgIpc) is 2.31. The largest absolute Gasteiger partial charge is 0.624 e. The molecule has 0 saturated carbocycles. The second-order valence-corrected chi connectivity index (χ2v) is 5.25. The van der Waals surface area contributed by atoms with Crippen LogP contribution >= 0.6 is 0 Å². The number of unbranched alkanes of at least 4 members (excludes halogenated alkanes) is 9. The van der Waals surface area contributed by atoms with Gasteiger partial charge < -0.3 is 5.21 Å². The van der Waals surface area contributed by atoms with Crippen molar-refractivity contribution >= 4 is 6.21 Å². The molecule has 0 N–H and O–H groups in total. The minimum Gasteiger partial charge on any atom is -0.624 e. The fourth-order valence-corrected chi connectivity index (χ4v) is 1.88. The zero-order valence-electron chi connectivity index (χ0n) is 12.1. The van der Waals surface area contributed by atoms with E-state index in [1.165, 1.54) is 57.8 Å². The van der Waals surface area contributed by atoms with Crippen LogP contribution in [0.1, 0.15) is 85.0 Å². The van der Waals surface area contributed by atoms with Crippen molar-refractivity contribution in [1.29, 1.82) is 0 Å². The molecule has 102 valence electrons. The van der Waals surface area contributed by atoms with Gasteiger partial charge in [-0.05, 0) is 20.3 Å². The second-order valence-electron chi connectivity index (χ2n) is 5.25. The molecule has 0 aromatic heterocycles. The van der Waals surface area contributed by atoms with Crippen molar-refractivity contribution in [3.63, 3.8) is 0 Å². The zero-order valence-corrected chi connectivity index (χ0v) is 12.1. The summed E-state index contributed by atoms with van der Waals surface area (Å²) < 4.78 is 1.07. The fourth-order valence-electron chi connectivity index (χ4n) is 1.88. The van der Waals surface area contributed by atoms with Crippen molar-refractivity contribution in [2.45, 2.75) is 91.0 Å². The van der Waals surface area contributed by atoms with Gasteiger partial charge in [0.05, 0.1) is 0 Å². The lowest BCUT2D eigenvalue weighted by atomic mass is 10.1. The molecule has 0 bridgehead atoms. The molecule has 0 aliphatic carbocycles. The average molecular weight is 241 g/mol. The molecular weight excluding hydrogens is 210 g/mol. The van der Waals surface area contributed by atoms with Gasteiger partial charge in [0.25, 0.3) is 0 Å². The first-order chi connectivity index (χ1) is 8.18. The third kappa shape index (κ3) is 11.7. The van der Waals surface area contributed by atoms with Crippen molar-refractivity contribution in [3.05, 3.63) is 5.21 Å². The summed E-state index contributed by atoms with van der Waals surface area (Å²) in [5.41, 5.74) is 0. The van der Waals surface area contributed by atoms with Gasteiger partial charge in [0.1, 0.15) is 0 Å². The van der Waals surface area contributed by atoms with Gasteiger partial charge in [-0.15, -0.1) is 0 Å². The molecule has 0 rings (SSSR count). The van der Waals surface area contributed by atoms with Gasteiger partial charge in [-0.3, -0.25) is 0 Å². The van der Waals surface area contributed by atoms with Gasteiger partial charge in [0.15, 0.2) is 12.3 Å². The molecule has 0 radical (unpaired) electrons. The first-order valence-corrected chi connectivity index (χ1v) is 7.47. The Balaban J connectivity index is 3.16. The van der Waals surface area contributed by atoms with Crippen molar-refractivity contribution in [3.8, 4) is 0 Å². The van der Waals surface area contributed by atoms with Crippen LogP contribution in [0, 0.1) is 5.21 Å². The van der Waals surface area contributed by atoms with Gasteiger partial charge >= 0.3 is 0 Å². The molecule has 0 spiro atoms. The Morgan fingerprint density at radius 1 is 0.882 bits per heavy atom. The van der Waals surface area contributed by atoms with Gasteiger partial charge in [-0.2, -0.15) is 0 Å². The summed E-state index contributed by atoms with van der Waals surface area (Å²) in [6.07, 6.45) is 14.8. The number of hydrogen-bond donors (Lipinski definition) is 0. The molecule has 0 aliphatic rings. The molecule has 0 aliphatic heterocycles. The van der Waals surface area contributed by atoms with Crippen molar-refractivity contribution in [2.24, 2.45) is 0 Å². The quantitative estimate of drug-likeness (QED) is 0.166. The minimum atomic E-state index is 0.0913. The summed E-state index contributed by atoms with van der Waals surface area (Å²) >= 11 is 0. The highest BCUT2D eigenvalue weighted by molar-refractivity contribution is 5.51. The lowest BCUT2D eigenvalue weighted by Crippen LogP contribution is -2.14. The summed E-state index contributed by atoms with van der Waals surface area (Å²) in [4.78, 5) is 0. The van der Waals surface area contributed by atoms with E-state index in [2.05, 4.69) is 6.92 Å². The summed E-state index contributed by atoms with van der Waals surface area (Å²) in [5.74, 6) is 0. The number of rotatable bonds is 11. The number of nitrogens with zero attached hydrogens (tertiary/aromatic N) is 1. The Morgan fingerprint density at radius 3 is 1.82 bits per heavy atom. The van der Waals surface area contributed by atoms with E-state index in [-0.39, 0.29) is 6.04 Å². The van der Waals surface area contributed by atoms with Crippen LogP contribution in [0.5, 0.6) is 0 Å².